The van der Waals surface area contributed by atoms with Gasteiger partial charge in [0.1, 0.15) is 5.54 Å². The fourth-order valence-corrected chi connectivity index (χ4v) is 2.69. The van der Waals surface area contributed by atoms with E-state index in [0.717, 1.165) is 5.57 Å². The second-order valence-electron chi connectivity index (χ2n) is 5.03. The van der Waals surface area contributed by atoms with Gasteiger partial charge in [-0.1, -0.05) is 46.5 Å². The highest BCUT2D eigenvalue weighted by Gasteiger charge is 2.51. The fourth-order valence-electron chi connectivity index (χ4n) is 2.54. The number of rotatable bonds is 5. The largest absolute Gasteiger partial charge is 0.355 e. The molecule has 22 heavy (non-hydrogen) atoms. The summed E-state index contributed by atoms with van der Waals surface area (Å²) >= 11 is 16.8. The van der Waals surface area contributed by atoms with Gasteiger partial charge in [0, 0.05) is 20.1 Å². The van der Waals surface area contributed by atoms with Gasteiger partial charge in [0.25, 0.3) is 9.70 Å². The molecule has 2 atom stereocenters. The summed E-state index contributed by atoms with van der Waals surface area (Å²) in [5.74, 6) is -1.85. The number of carbonyl (C=O) groups excluding carboxylic acids is 2. The highest BCUT2D eigenvalue weighted by atomic mass is 35.6. The van der Waals surface area contributed by atoms with Crippen LogP contribution in [0.2, 0.25) is 0 Å². The minimum Gasteiger partial charge on any atom is -0.355 e. The number of methoxy groups -OCH3 is 2. The third-order valence-electron chi connectivity index (χ3n) is 3.60. The van der Waals surface area contributed by atoms with E-state index in [4.69, 9.17) is 44.3 Å². The molecular weight excluding hydrogens is 353 g/mol. The van der Waals surface area contributed by atoms with E-state index in [9.17, 15) is 9.59 Å². The third-order valence-corrected chi connectivity index (χ3v) is 4.12. The number of halogens is 3. The maximum Gasteiger partial charge on any atom is 0.273 e. The lowest BCUT2D eigenvalue weighted by Gasteiger charge is -2.43. The Labute approximate surface area is 144 Å². The Morgan fingerprint density at radius 2 is 2.05 bits per heavy atom. The van der Waals surface area contributed by atoms with Crippen LogP contribution in [0.1, 0.15) is 13.3 Å². The molecule has 1 N–H and O–H groups in total. The first-order chi connectivity index (χ1) is 10.1. The predicted molar refractivity (Wildman–Crippen MR) is 86.0 cm³/mol. The lowest BCUT2D eigenvalue weighted by Crippen LogP contribution is -2.63. The van der Waals surface area contributed by atoms with Crippen molar-refractivity contribution in [2.75, 3.05) is 14.2 Å². The van der Waals surface area contributed by atoms with E-state index >= 15 is 0 Å². The molecule has 0 bridgehead atoms. The molecule has 5 nitrogen and oxygen atoms in total. The second-order valence-corrected chi connectivity index (χ2v) is 7.31. The van der Waals surface area contributed by atoms with E-state index in [-0.39, 0.29) is 5.78 Å². The van der Waals surface area contributed by atoms with Crippen molar-refractivity contribution in [2.45, 2.75) is 29.0 Å². The van der Waals surface area contributed by atoms with Gasteiger partial charge >= 0.3 is 0 Å². The van der Waals surface area contributed by atoms with E-state index in [0.29, 0.717) is 6.42 Å². The quantitative estimate of drug-likeness (QED) is 0.459. The van der Waals surface area contributed by atoms with Crippen LogP contribution in [0.3, 0.4) is 0 Å². The normalized spacial score (nSPS) is 25.9. The lowest BCUT2D eigenvalue weighted by atomic mass is 9.72. The van der Waals surface area contributed by atoms with Crippen molar-refractivity contribution in [3.63, 3.8) is 0 Å². The topological polar surface area (TPSA) is 64.6 Å². The summed E-state index contributed by atoms with van der Waals surface area (Å²) in [5, 5.41) is 2.48. The summed E-state index contributed by atoms with van der Waals surface area (Å²) in [6.07, 6.45) is 2.45. The highest BCUT2D eigenvalue weighted by Crippen LogP contribution is 2.37. The molecule has 1 amide bonds. The second kappa shape index (κ2) is 7.32. The third kappa shape index (κ3) is 3.84. The van der Waals surface area contributed by atoms with E-state index in [2.05, 4.69) is 11.9 Å². The Bertz CT molecular complexity index is 497. The number of alkyl halides is 3. The van der Waals surface area contributed by atoms with Gasteiger partial charge in [-0.15, -0.1) is 6.58 Å². The van der Waals surface area contributed by atoms with Gasteiger partial charge in [-0.05, 0) is 19.4 Å². The van der Waals surface area contributed by atoms with Crippen molar-refractivity contribution in [1.29, 1.82) is 0 Å². The first-order valence-electron chi connectivity index (χ1n) is 6.42. The number of amides is 1. The van der Waals surface area contributed by atoms with Crippen LogP contribution in [-0.2, 0) is 19.1 Å². The molecule has 8 heteroatoms. The number of ketones is 1. The Kier molecular flexibility index (Phi) is 6.47. The molecule has 0 saturated carbocycles. The molecule has 0 heterocycles. The van der Waals surface area contributed by atoms with Crippen LogP contribution in [0.15, 0.2) is 24.3 Å². The molecule has 0 unspecified atom stereocenters. The Morgan fingerprint density at radius 3 is 2.45 bits per heavy atom. The Hall–Kier alpha value is -0.590. The van der Waals surface area contributed by atoms with Crippen molar-refractivity contribution in [1.82, 2.24) is 5.32 Å². The zero-order valence-corrected chi connectivity index (χ0v) is 14.8. The maximum atomic E-state index is 12.6. The Morgan fingerprint density at radius 1 is 1.50 bits per heavy atom. The summed E-state index contributed by atoms with van der Waals surface area (Å²) in [6, 6.07) is 0. The van der Waals surface area contributed by atoms with Crippen molar-refractivity contribution in [3.05, 3.63) is 24.3 Å². The van der Waals surface area contributed by atoms with Gasteiger partial charge in [-0.3, -0.25) is 9.59 Å². The average molecular weight is 371 g/mol. The van der Waals surface area contributed by atoms with Crippen LogP contribution in [0, 0.1) is 5.92 Å². The van der Waals surface area contributed by atoms with Gasteiger partial charge in [0.15, 0.2) is 12.1 Å². The van der Waals surface area contributed by atoms with Crippen LogP contribution in [0.25, 0.3) is 0 Å². The number of hydrogen-bond donors (Lipinski definition) is 1. The molecule has 124 valence electrons. The number of hydrogen-bond acceptors (Lipinski definition) is 4. The minimum absolute atomic E-state index is 0.377. The van der Waals surface area contributed by atoms with Crippen molar-refractivity contribution in [2.24, 2.45) is 5.92 Å². The van der Waals surface area contributed by atoms with Gasteiger partial charge in [-0.25, -0.2) is 0 Å². The molecule has 1 rings (SSSR count). The zero-order chi connectivity index (χ0) is 17.1. The molecule has 1 aliphatic rings. The molecule has 0 aromatic carbocycles. The molecular formula is C14H18Cl3NO4. The number of ether oxygens (including phenoxy) is 2. The summed E-state index contributed by atoms with van der Waals surface area (Å²) in [5.41, 5.74) is -0.647. The molecule has 1 aliphatic carbocycles. The summed E-state index contributed by atoms with van der Waals surface area (Å²) in [4.78, 5) is 24.6. The first-order valence-corrected chi connectivity index (χ1v) is 7.56. The molecule has 0 radical (unpaired) electrons. The fraction of sp³-hybridized carbons (Fsp3) is 0.571. The van der Waals surface area contributed by atoms with Crippen molar-refractivity contribution in [3.8, 4) is 0 Å². The SMILES string of the molecule is C=C[C@]1(NC(=O)C(Cl)(Cl)Cl)C(=O)C=C(C)C[C@@H]1C(OC)OC. The van der Waals surface area contributed by atoms with Crippen LogP contribution >= 0.6 is 34.8 Å². The van der Waals surface area contributed by atoms with E-state index < -0.39 is 27.4 Å². The van der Waals surface area contributed by atoms with E-state index in [1.807, 2.05) is 0 Å². The molecule has 0 fully saturated rings. The van der Waals surface area contributed by atoms with Crippen LogP contribution in [0.4, 0.5) is 0 Å². The van der Waals surface area contributed by atoms with E-state index in [1.54, 1.807) is 6.92 Å². The van der Waals surface area contributed by atoms with Gasteiger partial charge in [-0.2, -0.15) is 0 Å². The highest BCUT2D eigenvalue weighted by molar-refractivity contribution is 6.76. The van der Waals surface area contributed by atoms with Crippen molar-refractivity contribution >= 4 is 46.5 Å². The standard InChI is InChI=1S/C14H18Cl3NO4/c1-5-13(18-12(20)14(15,16)17)9(11(21-3)22-4)6-8(2)7-10(13)19/h5,7,9,11H,1,6H2,2-4H3,(H,18,20)/t9-,13-/m1/s1. The number of allylic oxidation sites excluding steroid dienone is 1. The Balaban J connectivity index is 3.32. The van der Waals surface area contributed by atoms with Crippen LogP contribution in [0.5, 0.6) is 0 Å². The summed E-state index contributed by atoms with van der Waals surface area (Å²) in [7, 11) is 2.88. The number of carbonyl (C=O) groups is 2. The summed E-state index contributed by atoms with van der Waals surface area (Å²) in [6.45, 7) is 5.47. The minimum atomic E-state index is -2.20. The summed E-state index contributed by atoms with van der Waals surface area (Å²) < 4.78 is 8.32. The zero-order valence-electron chi connectivity index (χ0n) is 12.5. The van der Waals surface area contributed by atoms with Gasteiger partial charge in [0.05, 0.1) is 0 Å². The number of nitrogens with one attached hydrogen (secondary N) is 1. The predicted octanol–water partition coefficient (Wildman–Crippen LogP) is 2.55. The molecule has 0 aromatic rings. The molecule has 0 saturated heterocycles. The van der Waals surface area contributed by atoms with E-state index in [1.165, 1.54) is 26.4 Å². The maximum absolute atomic E-state index is 12.6. The van der Waals surface area contributed by atoms with Crippen LogP contribution < -0.4 is 5.32 Å². The molecule has 0 aromatic heterocycles. The lowest BCUT2D eigenvalue weighted by molar-refractivity contribution is -0.161. The monoisotopic (exact) mass is 369 g/mol. The van der Waals surface area contributed by atoms with Gasteiger partial charge < -0.3 is 14.8 Å². The molecule has 0 spiro atoms. The molecule has 0 aliphatic heterocycles. The smallest absolute Gasteiger partial charge is 0.273 e. The van der Waals surface area contributed by atoms with Gasteiger partial charge in [0.2, 0.25) is 0 Å². The van der Waals surface area contributed by atoms with Crippen molar-refractivity contribution < 1.29 is 19.1 Å². The average Bonchev–Trinajstić information content (AvgIpc) is 2.42. The first kappa shape index (κ1) is 19.5. The van der Waals surface area contributed by atoms with Crippen LogP contribution in [-0.4, -0.2) is 41.5 Å².